The highest BCUT2D eigenvalue weighted by molar-refractivity contribution is 5.98. The van der Waals surface area contributed by atoms with Crippen molar-refractivity contribution in [3.8, 4) is 0 Å². The Bertz CT molecular complexity index is 2520. The van der Waals surface area contributed by atoms with E-state index in [-0.39, 0.29) is 13.1 Å². The molecule has 18 nitrogen and oxygen atoms in total. The van der Waals surface area contributed by atoms with E-state index >= 15 is 0 Å². The molecule has 0 radical (unpaired) electrons. The number of rotatable bonds is 15. The lowest BCUT2D eigenvalue weighted by molar-refractivity contribution is -0.0800. The molecule has 0 saturated carbocycles. The predicted octanol–water partition coefficient (Wildman–Crippen LogP) is 2.51. The lowest BCUT2D eigenvalue weighted by Crippen LogP contribution is -2.43. The summed E-state index contributed by atoms with van der Waals surface area (Å²) in [6.45, 7) is 13.0. The number of hydrogen-bond acceptors (Lipinski definition) is 8. The van der Waals surface area contributed by atoms with E-state index < -0.39 is 35.8 Å². The van der Waals surface area contributed by atoms with Crippen LogP contribution in [0.25, 0.3) is 22.1 Å². The zero-order chi connectivity index (χ0) is 42.0. The molecule has 0 spiro atoms. The molecule has 0 saturated heterocycles. The van der Waals surface area contributed by atoms with Gasteiger partial charge in [-0.15, -0.1) is 0 Å². The number of carbonyl (C=O) groups is 4. The van der Waals surface area contributed by atoms with E-state index in [1.165, 1.54) is 0 Å². The zero-order valence-corrected chi connectivity index (χ0v) is 34.1. The molecule has 0 fully saturated rings. The second-order valence-corrected chi connectivity index (χ2v) is 13.9. The lowest BCUT2D eigenvalue weighted by atomic mass is 10.1. The largest absolute Gasteiger partial charge is 0.374 e. The molecule has 6 aromatic rings. The number of hydrogen-bond donors (Lipinski definition) is 2. The Morgan fingerprint density at radius 3 is 1.33 bits per heavy atom. The summed E-state index contributed by atoms with van der Waals surface area (Å²) in [5.41, 5.74) is 17.1. The monoisotopic (exact) mass is 794 g/mol. The molecule has 0 bridgehead atoms. The highest BCUT2D eigenvalue weighted by atomic mass is 16.5. The summed E-state index contributed by atoms with van der Waals surface area (Å²) in [5.74, 6) is -2.19. The van der Waals surface area contributed by atoms with E-state index in [1.54, 1.807) is 81.1 Å². The molecule has 58 heavy (non-hydrogen) atoms. The fraction of sp³-hybridized carbons (Fsp3) is 0.400. The number of amides is 4. The first-order valence-electron chi connectivity index (χ1n) is 19.2. The summed E-state index contributed by atoms with van der Waals surface area (Å²) in [5, 5.41) is 8.86. The van der Waals surface area contributed by atoms with Crippen LogP contribution < -0.4 is 22.7 Å². The van der Waals surface area contributed by atoms with Crippen LogP contribution in [0.5, 0.6) is 0 Å². The third kappa shape index (κ3) is 7.92. The molecule has 18 heteroatoms. The van der Waals surface area contributed by atoms with Crippen molar-refractivity contribution in [1.82, 2.24) is 37.8 Å². The number of aromatic nitrogens is 8. The maximum absolute atomic E-state index is 13.9. The SMILES string of the molecule is CCO[C@H](Cn1/c(=N/C(=O)c2cc(C)nn2CC)n(C)c2cc(C(N)=O)ccc21)[C@@H](Cn1/c(=N/C(=O)c2cc(C)nn2CC)n(C)c2cc(C(N)=O)ccc21)OCC. The number of imidazole rings is 2. The van der Waals surface area contributed by atoms with Gasteiger partial charge in [0.25, 0.3) is 11.8 Å². The van der Waals surface area contributed by atoms with E-state index in [0.717, 1.165) is 0 Å². The highest BCUT2D eigenvalue weighted by Crippen LogP contribution is 2.21. The number of aryl methyl sites for hydroxylation is 6. The number of nitrogens with zero attached hydrogens (tertiary/aromatic N) is 10. The molecule has 2 aromatic carbocycles. The number of nitrogens with two attached hydrogens (primary N) is 2. The minimum absolute atomic E-state index is 0.154. The highest BCUT2D eigenvalue weighted by Gasteiger charge is 2.28. The third-order valence-corrected chi connectivity index (χ3v) is 10.1. The maximum Gasteiger partial charge on any atom is 0.298 e. The topological polar surface area (TPSA) is 219 Å². The van der Waals surface area contributed by atoms with E-state index in [2.05, 4.69) is 20.2 Å². The van der Waals surface area contributed by atoms with Crippen molar-refractivity contribution in [1.29, 1.82) is 0 Å². The van der Waals surface area contributed by atoms with Crippen molar-refractivity contribution in [2.45, 2.75) is 79.9 Å². The van der Waals surface area contributed by atoms with Crippen molar-refractivity contribution in [2.75, 3.05) is 13.2 Å². The van der Waals surface area contributed by atoms with Crippen LogP contribution in [0.1, 0.15) is 80.8 Å². The van der Waals surface area contributed by atoms with Crippen LogP contribution in [-0.4, -0.2) is 86.9 Å². The standard InChI is InChI=1S/C40H50N12O6/c1-9-51-31(17-23(5)45-51)37(55)43-39-47(7)29-19-25(35(41)53)13-15-27(29)49(39)21-33(57-11-3)34(58-12-4)22-50-28-16-14-26(36(42)54)20-30(28)48(8)40(50)44-38(56)32-18-24(6)46-52(32)10-2/h13-20,33-34H,9-12,21-22H2,1-8H3,(H2,41,53)(H2,42,54)/b43-39+,44-40+/t33-,34-/m1/s1. The molecule has 4 amide bonds. The number of ether oxygens (including phenoxy) is 2. The van der Waals surface area contributed by atoms with Crippen molar-refractivity contribution in [3.05, 3.63) is 93.7 Å². The van der Waals surface area contributed by atoms with Gasteiger partial charge < -0.3 is 39.2 Å². The van der Waals surface area contributed by atoms with Gasteiger partial charge in [0, 0.05) is 51.5 Å². The van der Waals surface area contributed by atoms with Crippen LogP contribution in [0.4, 0.5) is 0 Å². The van der Waals surface area contributed by atoms with Crippen molar-refractivity contribution < 1.29 is 28.7 Å². The average molecular weight is 795 g/mol. The van der Waals surface area contributed by atoms with Gasteiger partial charge in [-0.25, -0.2) is 0 Å². The van der Waals surface area contributed by atoms with Gasteiger partial charge in [0.2, 0.25) is 23.1 Å². The summed E-state index contributed by atoms with van der Waals surface area (Å²) in [6.07, 6.45) is -1.33. The van der Waals surface area contributed by atoms with E-state index in [1.807, 2.05) is 50.7 Å². The quantitative estimate of drug-likeness (QED) is 0.157. The Balaban J connectivity index is 1.52. The fourth-order valence-corrected chi connectivity index (χ4v) is 7.33. The third-order valence-electron chi connectivity index (χ3n) is 10.1. The molecule has 0 aliphatic carbocycles. The molecule has 0 aliphatic rings. The first-order chi connectivity index (χ1) is 27.7. The van der Waals surface area contributed by atoms with Gasteiger partial charge in [0.05, 0.1) is 46.5 Å². The van der Waals surface area contributed by atoms with Gasteiger partial charge in [0.15, 0.2) is 0 Å². The minimum Gasteiger partial charge on any atom is -0.374 e. The fourth-order valence-electron chi connectivity index (χ4n) is 7.33. The summed E-state index contributed by atoms with van der Waals surface area (Å²) < 4.78 is 23.3. The molecule has 4 aromatic heterocycles. The second-order valence-electron chi connectivity index (χ2n) is 13.9. The Kier molecular flexibility index (Phi) is 12.1. The van der Waals surface area contributed by atoms with Gasteiger partial charge in [-0.3, -0.25) is 28.5 Å². The van der Waals surface area contributed by atoms with Crippen LogP contribution in [0.15, 0.2) is 58.5 Å². The smallest absolute Gasteiger partial charge is 0.298 e. The maximum atomic E-state index is 13.9. The first-order valence-corrected chi connectivity index (χ1v) is 19.2. The van der Waals surface area contributed by atoms with Crippen LogP contribution >= 0.6 is 0 Å². The Hall–Kier alpha value is -6.40. The van der Waals surface area contributed by atoms with Gasteiger partial charge in [0.1, 0.15) is 23.6 Å². The van der Waals surface area contributed by atoms with Crippen LogP contribution in [0.3, 0.4) is 0 Å². The number of fused-ring (bicyclic) bond motifs is 2. The molecule has 6 rings (SSSR count). The predicted molar refractivity (Wildman–Crippen MR) is 215 cm³/mol. The molecule has 4 N–H and O–H groups in total. The van der Waals surface area contributed by atoms with Gasteiger partial charge >= 0.3 is 0 Å². The average Bonchev–Trinajstić information content (AvgIpc) is 3.92. The Morgan fingerprint density at radius 1 is 0.621 bits per heavy atom. The van der Waals surface area contributed by atoms with Gasteiger partial charge in [-0.05, 0) is 90.1 Å². The van der Waals surface area contributed by atoms with E-state index in [9.17, 15) is 19.2 Å². The minimum atomic E-state index is -0.663. The summed E-state index contributed by atoms with van der Waals surface area (Å²) in [6, 6.07) is 13.5. The molecule has 4 heterocycles. The summed E-state index contributed by atoms with van der Waals surface area (Å²) >= 11 is 0. The molecule has 0 aliphatic heterocycles. The van der Waals surface area contributed by atoms with Crippen LogP contribution in [-0.2, 0) is 49.7 Å². The van der Waals surface area contributed by atoms with Gasteiger partial charge in [-0.1, -0.05) is 0 Å². The number of primary amides is 2. The molecule has 306 valence electrons. The van der Waals surface area contributed by atoms with Crippen molar-refractivity contribution >= 4 is 45.7 Å². The summed E-state index contributed by atoms with van der Waals surface area (Å²) in [7, 11) is 3.52. The second kappa shape index (κ2) is 17.0. The molecular weight excluding hydrogens is 745 g/mol. The van der Waals surface area contributed by atoms with Crippen molar-refractivity contribution in [3.63, 3.8) is 0 Å². The number of benzene rings is 2. The molecule has 0 unspecified atom stereocenters. The van der Waals surface area contributed by atoms with Crippen LogP contribution in [0.2, 0.25) is 0 Å². The first kappa shape index (κ1) is 41.2. The Morgan fingerprint density at radius 2 is 1.00 bits per heavy atom. The van der Waals surface area contributed by atoms with Gasteiger partial charge in [-0.2, -0.15) is 20.2 Å². The van der Waals surface area contributed by atoms with Crippen molar-refractivity contribution in [2.24, 2.45) is 35.5 Å². The van der Waals surface area contributed by atoms with Crippen LogP contribution in [0, 0.1) is 13.8 Å². The normalized spacial score (nSPS) is 13.5. The van der Waals surface area contributed by atoms with E-state index in [0.29, 0.717) is 93.5 Å². The zero-order valence-electron chi connectivity index (χ0n) is 34.1. The molecular formula is C40H50N12O6. The lowest BCUT2D eigenvalue weighted by Gasteiger charge is -2.28. The summed E-state index contributed by atoms with van der Waals surface area (Å²) in [4.78, 5) is 61.5. The van der Waals surface area contributed by atoms with E-state index in [4.69, 9.17) is 20.9 Å². The Labute approximate surface area is 334 Å². The number of carbonyl (C=O) groups excluding carboxylic acids is 4. The molecule has 2 atom stereocenters.